The highest BCUT2D eigenvalue weighted by Crippen LogP contribution is 2.19. The maximum atomic E-state index is 12.2. The lowest BCUT2D eigenvalue weighted by Gasteiger charge is -2.10. The molecule has 1 N–H and O–H groups in total. The Bertz CT molecular complexity index is 833. The van der Waals surface area contributed by atoms with Crippen LogP contribution in [0.2, 0.25) is 0 Å². The van der Waals surface area contributed by atoms with Gasteiger partial charge >= 0.3 is 0 Å². The molecule has 2 heterocycles. The van der Waals surface area contributed by atoms with E-state index in [2.05, 4.69) is 15.3 Å². The summed E-state index contributed by atoms with van der Waals surface area (Å²) in [4.78, 5) is 20.8. The van der Waals surface area contributed by atoms with Crippen LogP contribution < -0.4 is 10.1 Å². The lowest BCUT2D eigenvalue weighted by atomic mass is 10.1. The Labute approximate surface area is 146 Å². The highest BCUT2D eigenvalue weighted by atomic mass is 16.5. The minimum atomic E-state index is -0.0360. The third kappa shape index (κ3) is 4.41. The number of pyridine rings is 2. The number of hydrogen-bond acceptors (Lipinski definition) is 4. The largest absolute Gasteiger partial charge is 0.497 e. The van der Waals surface area contributed by atoms with Gasteiger partial charge in [-0.15, -0.1) is 0 Å². The molecule has 0 aliphatic rings. The van der Waals surface area contributed by atoms with Crippen molar-refractivity contribution in [1.29, 1.82) is 0 Å². The number of carbonyl (C=O) groups excluding carboxylic acids is 1. The van der Waals surface area contributed by atoms with Gasteiger partial charge in [0.1, 0.15) is 5.75 Å². The number of ether oxygens (including phenoxy) is 1. The van der Waals surface area contributed by atoms with Crippen LogP contribution in [0, 0.1) is 0 Å². The van der Waals surface area contributed by atoms with Crippen LogP contribution in [0.15, 0.2) is 67.1 Å². The van der Waals surface area contributed by atoms with Crippen molar-refractivity contribution in [2.45, 2.75) is 13.0 Å². The van der Waals surface area contributed by atoms with E-state index in [1.807, 2.05) is 48.5 Å². The second kappa shape index (κ2) is 8.06. The zero-order chi connectivity index (χ0) is 17.5. The van der Waals surface area contributed by atoms with E-state index < -0.39 is 0 Å². The first-order chi connectivity index (χ1) is 12.3. The van der Waals surface area contributed by atoms with Crippen molar-refractivity contribution in [2.24, 2.45) is 0 Å². The van der Waals surface area contributed by atoms with Gasteiger partial charge in [0.2, 0.25) is 5.91 Å². The van der Waals surface area contributed by atoms with E-state index in [4.69, 9.17) is 4.74 Å². The first-order valence-electron chi connectivity index (χ1n) is 8.00. The standard InChI is InChI=1S/C20H19N3O2/c1-25-18-8-6-15(7-9-18)12-19(24)23-14-17-5-3-11-22-20(17)16-4-2-10-21-13-16/h2-11,13H,12,14H2,1H3,(H,23,24). The normalized spacial score (nSPS) is 10.3. The van der Waals surface area contributed by atoms with Crippen molar-refractivity contribution < 1.29 is 9.53 Å². The van der Waals surface area contributed by atoms with Gasteiger partial charge in [-0.05, 0) is 41.5 Å². The Morgan fingerprint density at radius 1 is 1.08 bits per heavy atom. The SMILES string of the molecule is COc1ccc(CC(=O)NCc2cccnc2-c2cccnc2)cc1. The van der Waals surface area contributed by atoms with Crippen molar-refractivity contribution in [1.82, 2.24) is 15.3 Å². The van der Waals surface area contributed by atoms with Gasteiger partial charge in [0, 0.05) is 30.7 Å². The Balaban J connectivity index is 1.64. The highest BCUT2D eigenvalue weighted by Gasteiger charge is 2.09. The Morgan fingerprint density at radius 3 is 2.60 bits per heavy atom. The topological polar surface area (TPSA) is 64.1 Å². The van der Waals surface area contributed by atoms with E-state index in [0.717, 1.165) is 28.1 Å². The van der Waals surface area contributed by atoms with Gasteiger partial charge in [-0.2, -0.15) is 0 Å². The second-order valence-electron chi connectivity index (χ2n) is 5.55. The summed E-state index contributed by atoms with van der Waals surface area (Å²) in [6.45, 7) is 0.424. The van der Waals surface area contributed by atoms with Crippen LogP contribution in [-0.4, -0.2) is 23.0 Å². The van der Waals surface area contributed by atoms with E-state index in [1.165, 1.54) is 0 Å². The first kappa shape index (κ1) is 16.6. The lowest BCUT2D eigenvalue weighted by Crippen LogP contribution is -2.25. The molecule has 5 nitrogen and oxygen atoms in total. The summed E-state index contributed by atoms with van der Waals surface area (Å²) in [6, 6.07) is 15.1. The van der Waals surface area contributed by atoms with Crippen molar-refractivity contribution in [3.8, 4) is 17.0 Å². The van der Waals surface area contributed by atoms with E-state index in [0.29, 0.717) is 13.0 Å². The molecule has 2 aromatic heterocycles. The number of nitrogens with one attached hydrogen (secondary N) is 1. The minimum absolute atomic E-state index is 0.0360. The summed E-state index contributed by atoms with van der Waals surface area (Å²) < 4.78 is 5.12. The third-order valence-electron chi connectivity index (χ3n) is 3.83. The summed E-state index contributed by atoms with van der Waals surface area (Å²) in [6.07, 6.45) is 5.56. The van der Waals surface area contributed by atoms with Crippen molar-refractivity contribution in [3.63, 3.8) is 0 Å². The maximum Gasteiger partial charge on any atom is 0.224 e. The molecule has 0 atom stereocenters. The number of carbonyl (C=O) groups is 1. The number of rotatable bonds is 6. The predicted octanol–water partition coefficient (Wildman–Crippen LogP) is 3.01. The van der Waals surface area contributed by atoms with Crippen molar-refractivity contribution >= 4 is 5.91 Å². The van der Waals surface area contributed by atoms with Crippen LogP contribution in [0.1, 0.15) is 11.1 Å². The average Bonchev–Trinajstić information content (AvgIpc) is 2.68. The van der Waals surface area contributed by atoms with E-state index in [-0.39, 0.29) is 5.91 Å². The molecule has 0 bridgehead atoms. The van der Waals surface area contributed by atoms with E-state index in [1.54, 1.807) is 25.7 Å². The molecule has 0 spiro atoms. The van der Waals surface area contributed by atoms with Crippen LogP contribution >= 0.6 is 0 Å². The maximum absolute atomic E-state index is 12.2. The summed E-state index contributed by atoms with van der Waals surface area (Å²) in [5.74, 6) is 0.742. The van der Waals surface area contributed by atoms with Gasteiger partial charge in [-0.25, -0.2) is 0 Å². The summed E-state index contributed by atoms with van der Waals surface area (Å²) >= 11 is 0. The molecule has 0 saturated carbocycles. The molecule has 0 radical (unpaired) electrons. The van der Waals surface area contributed by atoms with Gasteiger partial charge in [-0.3, -0.25) is 14.8 Å². The fourth-order valence-electron chi connectivity index (χ4n) is 2.53. The lowest BCUT2D eigenvalue weighted by molar-refractivity contribution is -0.120. The second-order valence-corrected chi connectivity index (χ2v) is 5.55. The summed E-state index contributed by atoms with van der Waals surface area (Å²) in [5, 5.41) is 2.96. The van der Waals surface area contributed by atoms with Gasteiger partial charge in [-0.1, -0.05) is 18.2 Å². The zero-order valence-corrected chi connectivity index (χ0v) is 14.0. The fourth-order valence-corrected chi connectivity index (χ4v) is 2.53. The van der Waals surface area contributed by atoms with Crippen LogP contribution in [0.3, 0.4) is 0 Å². The van der Waals surface area contributed by atoms with Crippen LogP contribution in [0.4, 0.5) is 0 Å². The highest BCUT2D eigenvalue weighted by molar-refractivity contribution is 5.78. The molecule has 1 amide bonds. The number of hydrogen-bond donors (Lipinski definition) is 1. The predicted molar refractivity (Wildman–Crippen MR) is 96.0 cm³/mol. The molecule has 0 fully saturated rings. The van der Waals surface area contributed by atoms with Gasteiger partial charge in [0.15, 0.2) is 0 Å². The molecule has 25 heavy (non-hydrogen) atoms. The van der Waals surface area contributed by atoms with E-state index in [9.17, 15) is 4.79 Å². The van der Waals surface area contributed by atoms with Crippen molar-refractivity contribution in [3.05, 3.63) is 78.2 Å². The molecule has 0 aliphatic carbocycles. The quantitative estimate of drug-likeness (QED) is 0.753. The fraction of sp³-hybridized carbons (Fsp3) is 0.150. The number of benzene rings is 1. The smallest absolute Gasteiger partial charge is 0.224 e. The molecule has 3 rings (SSSR count). The Morgan fingerprint density at radius 2 is 1.88 bits per heavy atom. The minimum Gasteiger partial charge on any atom is -0.497 e. The van der Waals surface area contributed by atoms with Crippen molar-refractivity contribution in [2.75, 3.05) is 7.11 Å². The Hall–Kier alpha value is -3.21. The molecule has 0 unspecified atom stereocenters. The zero-order valence-electron chi connectivity index (χ0n) is 14.0. The van der Waals surface area contributed by atoms with E-state index >= 15 is 0 Å². The molecule has 1 aromatic carbocycles. The molecular weight excluding hydrogens is 314 g/mol. The first-order valence-corrected chi connectivity index (χ1v) is 8.00. The summed E-state index contributed by atoms with van der Waals surface area (Å²) in [7, 11) is 1.62. The average molecular weight is 333 g/mol. The van der Waals surface area contributed by atoms with Crippen LogP contribution in [0.5, 0.6) is 5.75 Å². The molecule has 3 aromatic rings. The third-order valence-corrected chi connectivity index (χ3v) is 3.83. The molecule has 0 saturated heterocycles. The number of methoxy groups -OCH3 is 1. The number of amides is 1. The van der Waals surface area contributed by atoms with Gasteiger partial charge < -0.3 is 10.1 Å². The van der Waals surface area contributed by atoms with Crippen LogP contribution in [-0.2, 0) is 17.8 Å². The van der Waals surface area contributed by atoms with Gasteiger partial charge in [0.25, 0.3) is 0 Å². The molecule has 0 aliphatic heterocycles. The monoisotopic (exact) mass is 333 g/mol. The molecular formula is C20H19N3O2. The Kier molecular flexibility index (Phi) is 5.36. The van der Waals surface area contributed by atoms with Crippen LogP contribution in [0.25, 0.3) is 11.3 Å². The number of nitrogens with zero attached hydrogens (tertiary/aromatic N) is 2. The number of aromatic nitrogens is 2. The molecule has 126 valence electrons. The van der Waals surface area contributed by atoms with Gasteiger partial charge in [0.05, 0.1) is 19.2 Å². The summed E-state index contributed by atoms with van der Waals surface area (Å²) in [5.41, 5.74) is 3.67. The molecule has 5 heteroatoms.